The highest BCUT2D eigenvalue weighted by Crippen LogP contribution is 2.18. The van der Waals surface area contributed by atoms with Crippen molar-refractivity contribution in [1.82, 2.24) is 15.6 Å². The first-order valence-electron chi connectivity index (χ1n) is 7.20. The number of likely N-dealkylation sites (N-methyl/N-ethyl adjacent to an activating group) is 1. The summed E-state index contributed by atoms with van der Waals surface area (Å²) < 4.78 is 0. The molecule has 118 valence electrons. The third-order valence-corrected chi connectivity index (χ3v) is 3.68. The minimum atomic E-state index is -0.996. The minimum Gasteiger partial charge on any atom is -0.361 e. The number of aromatic amines is 1. The molecule has 0 bridgehead atoms. The Kier molecular flexibility index (Phi) is 4.51. The van der Waals surface area contributed by atoms with Crippen LogP contribution in [0.15, 0.2) is 30.5 Å². The molecule has 0 spiro atoms. The fourth-order valence-corrected chi connectivity index (χ4v) is 2.40. The van der Waals surface area contributed by atoms with E-state index in [0.29, 0.717) is 6.42 Å². The Labute approximate surface area is 129 Å². The van der Waals surface area contributed by atoms with Crippen LogP contribution in [-0.2, 0) is 16.0 Å². The maximum absolute atomic E-state index is 12.2. The number of hydrogen-bond acceptors (Lipinski definition) is 3. The Morgan fingerprint density at radius 2 is 2.00 bits per heavy atom. The van der Waals surface area contributed by atoms with Crippen LogP contribution in [0, 0.1) is 0 Å². The van der Waals surface area contributed by atoms with Gasteiger partial charge >= 0.3 is 0 Å². The van der Waals surface area contributed by atoms with Crippen LogP contribution in [-0.4, -0.2) is 35.4 Å². The number of hydrogen-bond donors (Lipinski definition) is 4. The second kappa shape index (κ2) is 6.19. The highest BCUT2D eigenvalue weighted by atomic mass is 16.2. The molecule has 2 amide bonds. The van der Waals surface area contributed by atoms with Crippen LogP contribution >= 0.6 is 0 Å². The molecule has 1 heterocycles. The van der Waals surface area contributed by atoms with Crippen molar-refractivity contribution in [3.63, 3.8) is 0 Å². The zero-order valence-corrected chi connectivity index (χ0v) is 13.1. The van der Waals surface area contributed by atoms with Gasteiger partial charge in [0.05, 0.1) is 6.04 Å². The molecule has 6 heteroatoms. The van der Waals surface area contributed by atoms with Gasteiger partial charge in [-0.15, -0.1) is 0 Å². The molecule has 1 atom stereocenters. The molecular weight excluding hydrogens is 280 g/mol. The third-order valence-electron chi connectivity index (χ3n) is 3.68. The van der Waals surface area contributed by atoms with E-state index >= 15 is 0 Å². The molecule has 0 aliphatic rings. The van der Waals surface area contributed by atoms with Gasteiger partial charge < -0.3 is 21.4 Å². The van der Waals surface area contributed by atoms with Crippen LogP contribution in [0.25, 0.3) is 10.9 Å². The maximum atomic E-state index is 12.2. The number of rotatable bonds is 5. The molecule has 0 aliphatic carbocycles. The van der Waals surface area contributed by atoms with Crippen molar-refractivity contribution in [3.05, 3.63) is 36.0 Å². The first kappa shape index (κ1) is 16.0. The van der Waals surface area contributed by atoms with Crippen molar-refractivity contribution in [2.45, 2.75) is 31.8 Å². The van der Waals surface area contributed by atoms with Gasteiger partial charge in [0.25, 0.3) is 0 Å². The average Bonchev–Trinajstić information content (AvgIpc) is 2.89. The number of H-pyrrole nitrogens is 1. The summed E-state index contributed by atoms with van der Waals surface area (Å²) in [5, 5.41) is 6.25. The summed E-state index contributed by atoms with van der Waals surface area (Å²) in [5.41, 5.74) is 6.99. The summed E-state index contributed by atoms with van der Waals surface area (Å²) in [6, 6.07) is 7.13. The monoisotopic (exact) mass is 302 g/mol. The lowest BCUT2D eigenvalue weighted by atomic mass is 10.0. The number of nitrogens with two attached hydrogens (primary N) is 1. The Balaban J connectivity index is 2.07. The predicted octanol–water partition coefficient (Wildman–Crippen LogP) is 0.679. The summed E-state index contributed by atoms with van der Waals surface area (Å²) in [6.07, 6.45) is 2.27. The number of aromatic nitrogens is 1. The number of benzene rings is 1. The van der Waals surface area contributed by atoms with E-state index in [0.717, 1.165) is 16.5 Å². The summed E-state index contributed by atoms with van der Waals surface area (Å²) in [7, 11) is 1.53. The standard InChI is InChI=1S/C16H22N4O2/c1-16(2,15(22)18-3)20-14(21)12(17)8-10-9-19-13-7-5-4-6-11(10)13/h4-7,9,12,19H,8,17H2,1-3H3,(H,18,22)(H,20,21). The average molecular weight is 302 g/mol. The molecule has 0 fully saturated rings. The fraction of sp³-hybridized carbons (Fsp3) is 0.375. The topological polar surface area (TPSA) is 100 Å². The van der Waals surface area contributed by atoms with Crippen molar-refractivity contribution >= 4 is 22.7 Å². The molecule has 0 saturated heterocycles. The summed E-state index contributed by atoms with van der Waals surface area (Å²) in [4.78, 5) is 27.1. The quantitative estimate of drug-likeness (QED) is 0.653. The van der Waals surface area contributed by atoms with Crippen LogP contribution < -0.4 is 16.4 Å². The lowest BCUT2D eigenvalue weighted by Crippen LogP contribution is -2.57. The van der Waals surface area contributed by atoms with Gasteiger partial charge in [-0.25, -0.2) is 0 Å². The third kappa shape index (κ3) is 3.28. The van der Waals surface area contributed by atoms with Gasteiger partial charge in [0.1, 0.15) is 5.54 Å². The van der Waals surface area contributed by atoms with E-state index in [1.54, 1.807) is 13.8 Å². The second-order valence-corrected chi connectivity index (χ2v) is 5.86. The Morgan fingerprint density at radius 3 is 2.68 bits per heavy atom. The van der Waals surface area contributed by atoms with Crippen molar-refractivity contribution in [3.8, 4) is 0 Å². The van der Waals surface area contributed by atoms with Gasteiger partial charge in [-0.3, -0.25) is 9.59 Å². The highest BCUT2D eigenvalue weighted by molar-refractivity contribution is 5.92. The Bertz CT molecular complexity index is 690. The molecule has 0 saturated carbocycles. The zero-order valence-electron chi connectivity index (χ0n) is 13.1. The number of carbonyl (C=O) groups is 2. The predicted molar refractivity (Wildman–Crippen MR) is 86.3 cm³/mol. The molecule has 6 nitrogen and oxygen atoms in total. The normalized spacial score (nSPS) is 12.9. The first-order chi connectivity index (χ1) is 10.3. The summed E-state index contributed by atoms with van der Waals surface area (Å²) >= 11 is 0. The van der Waals surface area contributed by atoms with E-state index in [1.807, 2.05) is 30.5 Å². The molecule has 22 heavy (non-hydrogen) atoms. The zero-order chi connectivity index (χ0) is 16.3. The lowest BCUT2D eigenvalue weighted by Gasteiger charge is -2.26. The largest absolute Gasteiger partial charge is 0.361 e. The van der Waals surface area contributed by atoms with Gasteiger partial charge in [0, 0.05) is 24.1 Å². The van der Waals surface area contributed by atoms with Gasteiger partial charge in [-0.2, -0.15) is 0 Å². The lowest BCUT2D eigenvalue weighted by molar-refractivity contribution is -0.132. The van der Waals surface area contributed by atoms with Crippen LogP contribution in [0.3, 0.4) is 0 Å². The van der Waals surface area contributed by atoms with Crippen LogP contribution in [0.2, 0.25) is 0 Å². The SMILES string of the molecule is CNC(=O)C(C)(C)NC(=O)C(N)Cc1c[nH]c2ccccc12. The number of amides is 2. The van der Waals surface area contributed by atoms with Crippen molar-refractivity contribution in [1.29, 1.82) is 0 Å². The fourth-order valence-electron chi connectivity index (χ4n) is 2.40. The van der Waals surface area contributed by atoms with Crippen molar-refractivity contribution in [2.75, 3.05) is 7.05 Å². The first-order valence-corrected chi connectivity index (χ1v) is 7.20. The number of carbonyl (C=O) groups excluding carboxylic acids is 2. The van der Waals surface area contributed by atoms with E-state index in [1.165, 1.54) is 7.05 Å². The summed E-state index contributed by atoms with van der Waals surface area (Å²) in [6.45, 7) is 3.28. The van der Waals surface area contributed by atoms with Gasteiger partial charge in [-0.1, -0.05) is 18.2 Å². The smallest absolute Gasteiger partial charge is 0.244 e. The molecule has 1 aromatic heterocycles. The second-order valence-electron chi connectivity index (χ2n) is 5.86. The maximum Gasteiger partial charge on any atom is 0.244 e. The number of nitrogens with one attached hydrogen (secondary N) is 3. The van der Waals surface area contributed by atoms with Crippen LogP contribution in [0.1, 0.15) is 19.4 Å². The number of fused-ring (bicyclic) bond motifs is 1. The summed E-state index contributed by atoms with van der Waals surface area (Å²) in [5.74, 6) is -0.612. The highest BCUT2D eigenvalue weighted by Gasteiger charge is 2.30. The Hall–Kier alpha value is -2.34. The van der Waals surface area contributed by atoms with Gasteiger partial charge in [0.15, 0.2) is 0 Å². The van der Waals surface area contributed by atoms with Crippen LogP contribution in [0.4, 0.5) is 0 Å². The number of para-hydroxylation sites is 1. The van der Waals surface area contributed by atoms with Crippen molar-refractivity contribution < 1.29 is 9.59 Å². The minimum absolute atomic E-state index is 0.264. The van der Waals surface area contributed by atoms with E-state index in [2.05, 4.69) is 15.6 Å². The van der Waals surface area contributed by atoms with Crippen molar-refractivity contribution in [2.24, 2.45) is 5.73 Å². The molecule has 2 rings (SSSR count). The molecule has 0 radical (unpaired) electrons. The molecule has 1 unspecified atom stereocenters. The van der Waals surface area contributed by atoms with E-state index < -0.39 is 11.6 Å². The molecule has 5 N–H and O–H groups in total. The van der Waals surface area contributed by atoms with E-state index in [-0.39, 0.29) is 11.8 Å². The Morgan fingerprint density at radius 1 is 1.32 bits per heavy atom. The molecule has 0 aliphatic heterocycles. The van der Waals surface area contributed by atoms with E-state index in [4.69, 9.17) is 5.73 Å². The molecule has 2 aromatic rings. The molecular formula is C16H22N4O2. The van der Waals surface area contributed by atoms with E-state index in [9.17, 15) is 9.59 Å². The van der Waals surface area contributed by atoms with Crippen LogP contribution in [0.5, 0.6) is 0 Å². The van der Waals surface area contributed by atoms with Gasteiger partial charge in [0.2, 0.25) is 11.8 Å². The molecule has 1 aromatic carbocycles. The van der Waals surface area contributed by atoms with Gasteiger partial charge in [-0.05, 0) is 31.9 Å².